The molecule has 0 aliphatic heterocycles. The maximum absolute atomic E-state index is 12.9. The van der Waals surface area contributed by atoms with E-state index in [0.29, 0.717) is 23.0 Å². The Morgan fingerprint density at radius 1 is 1.08 bits per heavy atom. The standard InChI is InChI=1S/C19H13N3O2S/c23-11-22-14-4-1-12(2-5-14)16-9-25-18-7-13(17-8-20-10-21-17)3-6-15(18)19(16)24/h1-11H,(H,20,21)(H,22,23). The zero-order chi connectivity index (χ0) is 17.2. The van der Waals surface area contributed by atoms with Crippen LogP contribution in [0.1, 0.15) is 0 Å². The number of anilines is 1. The number of aromatic amines is 1. The van der Waals surface area contributed by atoms with Gasteiger partial charge in [-0.3, -0.25) is 9.59 Å². The van der Waals surface area contributed by atoms with Crippen molar-refractivity contribution in [1.82, 2.24) is 9.97 Å². The lowest BCUT2D eigenvalue weighted by molar-refractivity contribution is -0.105. The Morgan fingerprint density at radius 3 is 2.60 bits per heavy atom. The maximum atomic E-state index is 12.9. The third-order valence-electron chi connectivity index (χ3n) is 4.01. The number of amides is 1. The fraction of sp³-hybridized carbons (Fsp3) is 0. The van der Waals surface area contributed by atoms with Gasteiger partial charge in [0.1, 0.15) is 0 Å². The molecule has 0 saturated carbocycles. The van der Waals surface area contributed by atoms with Gasteiger partial charge in [-0.05, 0) is 29.8 Å². The van der Waals surface area contributed by atoms with Gasteiger partial charge in [-0.25, -0.2) is 4.98 Å². The van der Waals surface area contributed by atoms with Crippen LogP contribution in [0.2, 0.25) is 0 Å². The molecule has 25 heavy (non-hydrogen) atoms. The van der Waals surface area contributed by atoms with Gasteiger partial charge < -0.3 is 10.3 Å². The fourth-order valence-corrected chi connectivity index (χ4v) is 3.69. The Kier molecular flexibility index (Phi) is 3.87. The number of nitrogens with zero attached hydrogens (tertiary/aromatic N) is 1. The lowest BCUT2D eigenvalue weighted by Crippen LogP contribution is -2.04. The highest BCUT2D eigenvalue weighted by Crippen LogP contribution is 2.27. The molecule has 5 nitrogen and oxygen atoms in total. The van der Waals surface area contributed by atoms with E-state index >= 15 is 0 Å². The molecule has 2 aromatic carbocycles. The van der Waals surface area contributed by atoms with E-state index in [9.17, 15) is 9.59 Å². The van der Waals surface area contributed by atoms with E-state index in [4.69, 9.17) is 0 Å². The predicted molar refractivity (Wildman–Crippen MR) is 101 cm³/mol. The van der Waals surface area contributed by atoms with Gasteiger partial charge in [-0.1, -0.05) is 18.2 Å². The normalized spacial score (nSPS) is 10.7. The number of nitrogens with one attached hydrogen (secondary N) is 2. The average molecular weight is 347 g/mol. The molecule has 6 heteroatoms. The summed E-state index contributed by atoms with van der Waals surface area (Å²) in [7, 11) is 0. The number of hydrogen-bond acceptors (Lipinski definition) is 4. The number of fused-ring (bicyclic) bond motifs is 1. The summed E-state index contributed by atoms with van der Waals surface area (Å²) in [6.45, 7) is 0. The molecular weight excluding hydrogens is 334 g/mol. The molecule has 2 N–H and O–H groups in total. The first-order valence-electron chi connectivity index (χ1n) is 7.61. The van der Waals surface area contributed by atoms with Crippen LogP contribution < -0.4 is 10.7 Å². The van der Waals surface area contributed by atoms with Gasteiger partial charge in [0.15, 0.2) is 5.43 Å². The number of rotatable bonds is 4. The second-order valence-corrected chi connectivity index (χ2v) is 6.41. The van der Waals surface area contributed by atoms with Crippen LogP contribution in [0.5, 0.6) is 0 Å². The average Bonchev–Trinajstić information content (AvgIpc) is 3.18. The molecule has 0 spiro atoms. The second-order valence-electron chi connectivity index (χ2n) is 5.49. The molecule has 1 amide bonds. The molecule has 0 bridgehead atoms. The molecule has 2 aromatic heterocycles. The van der Waals surface area contributed by atoms with Crippen molar-refractivity contribution in [2.45, 2.75) is 0 Å². The minimum Gasteiger partial charge on any atom is -0.345 e. The molecule has 0 unspecified atom stereocenters. The summed E-state index contributed by atoms with van der Waals surface area (Å²) in [5.74, 6) is 0. The molecule has 4 aromatic rings. The van der Waals surface area contributed by atoms with Crippen LogP contribution in [-0.4, -0.2) is 16.4 Å². The van der Waals surface area contributed by atoms with Crippen LogP contribution in [0.15, 0.2) is 65.2 Å². The summed E-state index contributed by atoms with van der Waals surface area (Å²) in [6.07, 6.45) is 4.02. The third kappa shape index (κ3) is 2.83. The number of H-pyrrole nitrogens is 1. The molecule has 4 rings (SSSR count). The van der Waals surface area contributed by atoms with Gasteiger partial charge in [-0.2, -0.15) is 0 Å². The zero-order valence-corrected chi connectivity index (χ0v) is 13.8. The van der Waals surface area contributed by atoms with Crippen LogP contribution in [0, 0.1) is 0 Å². The van der Waals surface area contributed by atoms with Crippen molar-refractivity contribution in [1.29, 1.82) is 0 Å². The SMILES string of the molecule is O=CNc1ccc(-c2csc3cc(-c4cnc[nH]4)ccc3c2=O)cc1. The summed E-state index contributed by atoms with van der Waals surface area (Å²) in [5.41, 5.74) is 4.10. The molecule has 0 saturated heterocycles. The maximum Gasteiger partial charge on any atom is 0.211 e. The van der Waals surface area contributed by atoms with E-state index in [1.165, 1.54) is 11.3 Å². The largest absolute Gasteiger partial charge is 0.345 e. The highest BCUT2D eigenvalue weighted by atomic mass is 32.1. The molecule has 0 aliphatic carbocycles. The first-order valence-corrected chi connectivity index (χ1v) is 8.49. The molecule has 0 atom stereocenters. The van der Waals surface area contributed by atoms with Gasteiger partial charge in [0.2, 0.25) is 6.41 Å². The van der Waals surface area contributed by atoms with E-state index in [1.807, 2.05) is 35.7 Å². The molecule has 0 aliphatic rings. The number of hydrogen-bond donors (Lipinski definition) is 2. The van der Waals surface area contributed by atoms with Crippen molar-refractivity contribution in [2.24, 2.45) is 0 Å². The zero-order valence-electron chi connectivity index (χ0n) is 13.0. The van der Waals surface area contributed by atoms with Crippen molar-refractivity contribution in [2.75, 3.05) is 5.32 Å². The van der Waals surface area contributed by atoms with Gasteiger partial charge in [-0.15, -0.1) is 11.3 Å². The third-order valence-corrected chi connectivity index (χ3v) is 4.95. The van der Waals surface area contributed by atoms with E-state index < -0.39 is 0 Å². The van der Waals surface area contributed by atoms with Crippen LogP contribution in [-0.2, 0) is 4.79 Å². The fourth-order valence-electron chi connectivity index (χ4n) is 2.72. The molecule has 0 radical (unpaired) electrons. The highest BCUT2D eigenvalue weighted by Gasteiger charge is 2.09. The van der Waals surface area contributed by atoms with Crippen molar-refractivity contribution in [3.05, 3.63) is 70.6 Å². The number of carbonyl (C=O) groups is 1. The van der Waals surface area contributed by atoms with Gasteiger partial charge in [0, 0.05) is 32.3 Å². The Morgan fingerprint density at radius 2 is 1.88 bits per heavy atom. The molecule has 2 heterocycles. The van der Waals surface area contributed by atoms with Crippen molar-refractivity contribution in [3.63, 3.8) is 0 Å². The summed E-state index contributed by atoms with van der Waals surface area (Å²) in [5, 5.41) is 5.16. The second kappa shape index (κ2) is 6.33. The van der Waals surface area contributed by atoms with E-state index in [0.717, 1.165) is 21.5 Å². The lowest BCUT2D eigenvalue weighted by Gasteiger charge is -2.05. The van der Waals surface area contributed by atoms with E-state index in [1.54, 1.807) is 24.7 Å². The molecular formula is C19H13N3O2S. The quantitative estimate of drug-likeness (QED) is 0.550. The van der Waals surface area contributed by atoms with Gasteiger partial charge in [0.25, 0.3) is 0 Å². The Labute approximate surface area is 147 Å². The van der Waals surface area contributed by atoms with Crippen molar-refractivity contribution >= 4 is 33.5 Å². The van der Waals surface area contributed by atoms with Crippen LogP contribution >= 0.6 is 11.3 Å². The summed E-state index contributed by atoms with van der Waals surface area (Å²) in [4.78, 5) is 30.4. The van der Waals surface area contributed by atoms with Crippen molar-refractivity contribution in [3.8, 4) is 22.4 Å². The van der Waals surface area contributed by atoms with E-state index in [2.05, 4.69) is 15.3 Å². The summed E-state index contributed by atoms with van der Waals surface area (Å²) >= 11 is 1.53. The highest BCUT2D eigenvalue weighted by molar-refractivity contribution is 7.16. The predicted octanol–water partition coefficient (Wildman–Crippen LogP) is 3.89. The van der Waals surface area contributed by atoms with Gasteiger partial charge >= 0.3 is 0 Å². The van der Waals surface area contributed by atoms with Gasteiger partial charge in [0.05, 0.1) is 18.2 Å². The monoisotopic (exact) mass is 347 g/mol. The molecule has 0 fully saturated rings. The van der Waals surface area contributed by atoms with E-state index in [-0.39, 0.29) is 5.43 Å². The topological polar surface area (TPSA) is 74.8 Å². The Bertz CT molecular complexity index is 1100. The number of aromatic nitrogens is 2. The Hall–Kier alpha value is -3.25. The van der Waals surface area contributed by atoms with Crippen LogP contribution in [0.4, 0.5) is 5.69 Å². The lowest BCUT2D eigenvalue weighted by atomic mass is 10.1. The Balaban J connectivity index is 1.79. The smallest absolute Gasteiger partial charge is 0.211 e. The minimum atomic E-state index is 0.000933. The summed E-state index contributed by atoms with van der Waals surface area (Å²) in [6, 6.07) is 13.0. The molecule has 122 valence electrons. The van der Waals surface area contributed by atoms with Crippen LogP contribution in [0.3, 0.4) is 0 Å². The number of benzene rings is 2. The number of carbonyl (C=O) groups excluding carboxylic acids is 1. The van der Waals surface area contributed by atoms with Crippen molar-refractivity contribution < 1.29 is 4.79 Å². The summed E-state index contributed by atoms with van der Waals surface area (Å²) < 4.78 is 0.931. The number of imidazole rings is 1. The first kappa shape index (κ1) is 15.3. The minimum absolute atomic E-state index is 0.000933. The first-order chi connectivity index (χ1) is 12.3. The van der Waals surface area contributed by atoms with Crippen LogP contribution in [0.25, 0.3) is 32.5 Å².